The molecule has 1 aliphatic heterocycles. The first kappa shape index (κ1) is 16.1. The van der Waals surface area contributed by atoms with E-state index in [9.17, 15) is 0 Å². The van der Waals surface area contributed by atoms with Gasteiger partial charge in [-0.25, -0.2) is 9.67 Å². The number of benzene rings is 1. The molecular weight excluding hydrogens is 316 g/mol. The fourth-order valence-electron chi connectivity index (χ4n) is 3.40. The van der Waals surface area contributed by atoms with E-state index in [1.807, 2.05) is 29.3 Å². The van der Waals surface area contributed by atoms with Gasteiger partial charge in [0.1, 0.15) is 5.82 Å². The number of rotatable bonds is 4. The summed E-state index contributed by atoms with van der Waals surface area (Å²) in [7, 11) is 0. The van der Waals surface area contributed by atoms with Gasteiger partial charge >= 0.3 is 0 Å². The van der Waals surface area contributed by atoms with E-state index in [1.54, 1.807) is 6.20 Å². The second kappa shape index (κ2) is 6.82. The van der Waals surface area contributed by atoms with Crippen LogP contribution in [0.5, 0.6) is 0 Å². The molecule has 6 heteroatoms. The summed E-state index contributed by atoms with van der Waals surface area (Å²) in [5.41, 5.74) is 4.51. The molecule has 1 aromatic carbocycles. The number of ether oxygens (including phenoxy) is 2. The molecule has 1 aliphatic rings. The minimum Gasteiger partial charge on any atom is -0.376 e. The molecule has 4 rings (SSSR count). The Balaban J connectivity index is 1.76. The van der Waals surface area contributed by atoms with Gasteiger partial charge in [-0.05, 0) is 37.1 Å². The number of imidazole rings is 1. The predicted molar refractivity (Wildman–Crippen MR) is 94.8 cm³/mol. The van der Waals surface area contributed by atoms with Crippen LogP contribution in [-0.2, 0) is 16.0 Å². The van der Waals surface area contributed by atoms with Crippen molar-refractivity contribution in [1.82, 2.24) is 19.3 Å². The van der Waals surface area contributed by atoms with Crippen LogP contribution in [0.3, 0.4) is 0 Å². The van der Waals surface area contributed by atoms with Crippen molar-refractivity contribution < 1.29 is 9.47 Å². The number of hydrogen-bond acceptors (Lipinski definition) is 4. The van der Waals surface area contributed by atoms with E-state index >= 15 is 0 Å². The highest BCUT2D eigenvalue weighted by Crippen LogP contribution is 2.30. The minimum atomic E-state index is 0.0563. The molecule has 0 unspecified atom stereocenters. The molecule has 1 saturated heterocycles. The van der Waals surface area contributed by atoms with Crippen molar-refractivity contribution in [2.75, 3.05) is 19.8 Å². The van der Waals surface area contributed by atoms with E-state index in [1.165, 1.54) is 11.1 Å². The van der Waals surface area contributed by atoms with Gasteiger partial charge in [-0.1, -0.05) is 6.07 Å². The zero-order valence-electron chi connectivity index (χ0n) is 14.6. The van der Waals surface area contributed by atoms with Crippen LogP contribution >= 0.6 is 0 Å². The number of aromatic nitrogens is 4. The molecule has 6 nitrogen and oxygen atoms in total. The summed E-state index contributed by atoms with van der Waals surface area (Å²) in [5, 5.41) is 4.43. The SMILES string of the molecule is Cc1cc(C)c(-n2cccn2)c(-c2nccn2C[C@H]2COCCO2)c1. The van der Waals surface area contributed by atoms with E-state index in [0.29, 0.717) is 19.8 Å². The van der Waals surface area contributed by atoms with Gasteiger partial charge < -0.3 is 14.0 Å². The highest BCUT2D eigenvalue weighted by molar-refractivity contribution is 5.71. The molecule has 0 aliphatic carbocycles. The van der Waals surface area contributed by atoms with Gasteiger partial charge in [0.05, 0.1) is 38.2 Å². The zero-order valence-corrected chi connectivity index (χ0v) is 14.6. The first-order valence-corrected chi connectivity index (χ1v) is 8.54. The molecule has 1 fully saturated rings. The van der Waals surface area contributed by atoms with Crippen molar-refractivity contribution in [3.05, 3.63) is 54.1 Å². The largest absolute Gasteiger partial charge is 0.376 e. The maximum Gasteiger partial charge on any atom is 0.142 e. The third-order valence-electron chi connectivity index (χ3n) is 4.42. The fraction of sp³-hybridized carbons (Fsp3) is 0.368. The molecule has 0 saturated carbocycles. The molecule has 0 bridgehead atoms. The molecule has 3 aromatic rings. The standard InChI is InChI=1S/C19H22N4O2/c1-14-10-15(2)18(23-6-3-4-21-23)17(11-14)19-20-5-7-22(19)12-16-13-24-8-9-25-16/h3-7,10-11,16H,8-9,12-13H2,1-2H3/t16-/m0/s1. The lowest BCUT2D eigenvalue weighted by Crippen LogP contribution is -2.32. The van der Waals surface area contributed by atoms with Crippen molar-refractivity contribution in [1.29, 1.82) is 0 Å². The van der Waals surface area contributed by atoms with Gasteiger partial charge in [-0.15, -0.1) is 0 Å². The Hall–Kier alpha value is -2.44. The molecule has 2 aromatic heterocycles. The summed E-state index contributed by atoms with van der Waals surface area (Å²) in [4.78, 5) is 4.63. The molecule has 0 amide bonds. The monoisotopic (exact) mass is 338 g/mol. The van der Waals surface area contributed by atoms with Gasteiger partial charge in [-0.3, -0.25) is 0 Å². The van der Waals surface area contributed by atoms with Crippen molar-refractivity contribution in [2.24, 2.45) is 0 Å². The van der Waals surface area contributed by atoms with E-state index in [-0.39, 0.29) is 6.10 Å². The highest BCUT2D eigenvalue weighted by atomic mass is 16.6. The Morgan fingerprint density at radius 1 is 1.16 bits per heavy atom. The molecule has 0 spiro atoms. The maximum absolute atomic E-state index is 5.80. The van der Waals surface area contributed by atoms with Crippen LogP contribution in [0, 0.1) is 13.8 Å². The molecule has 0 N–H and O–H groups in total. The molecule has 1 atom stereocenters. The third-order valence-corrected chi connectivity index (χ3v) is 4.42. The van der Waals surface area contributed by atoms with Crippen LogP contribution < -0.4 is 0 Å². The molecule has 3 heterocycles. The van der Waals surface area contributed by atoms with Crippen molar-refractivity contribution in [3.8, 4) is 17.1 Å². The first-order chi connectivity index (χ1) is 12.2. The number of aryl methyl sites for hydroxylation is 2. The van der Waals surface area contributed by atoms with E-state index in [0.717, 1.165) is 23.6 Å². The van der Waals surface area contributed by atoms with Gasteiger partial charge in [0, 0.05) is 30.4 Å². The summed E-state index contributed by atoms with van der Waals surface area (Å²) in [5.74, 6) is 0.923. The average molecular weight is 338 g/mol. The Morgan fingerprint density at radius 2 is 2.08 bits per heavy atom. The van der Waals surface area contributed by atoms with Crippen molar-refractivity contribution in [2.45, 2.75) is 26.5 Å². The second-order valence-electron chi connectivity index (χ2n) is 6.40. The second-order valence-corrected chi connectivity index (χ2v) is 6.40. The Labute approximate surface area is 147 Å². The van der Waals surface area contributed by atoms with E-state index < -0.39 is 0 Å². The lowest BCUT2D eigenvalue weighted by Gasteiger charge is -2.24. The molecule has 130 valence electrons. The summed E-state index contributed by atoms with van der Waals surface area (Å²) in [6, 6.07) is 6.27. The average Bonchev–Trinajstić information content (AvgIpc) is 3.27. The Bertz CT molecular complexity index is 848. The molecule has 0 radical (unpaired) electrons. The van der Waals surface area contributed by atoms with Crippen LogP contribution in [-0.4, -0.2) is 45.3 Å². The summed E-state index contributed by atoms with van der Waals surface area (Å²) >= 11 is 0. The van der Waals surface area contributed by atoms with E-state index in [2.05, 4.69) is 40.6 Å². The zero-order chi connectivity index (χ0) is 17.2. The van der Waals surface area contributed by atoms with Crippen molar-refractivity contribution in [3.63, 3.8) is 0 Å². The Kier molecular flexibility index (Phi) is 4.38. The number of hydrogen-bond donors (Lipinski definition) is 0. The van der Waals surface area contributed by atoms with Crippen LogP contribution in [0.1, 0.15) is 11.1 Å². The topological polar surface area (TPSA) is 54.1 Å². The molecule has 25 heavy (non-hydrogen) atoms. The normalized spacial score (nSPS) is 17.8. The Morgan fingerprint density at radius 3 is 2.84 bits per heavy atom. The highest BCUT2D eigenvalue weighted by Gasteiger charge is 2.20. The lowest BCUT2D eigenvalue weighted by atomic mass is 10.0. The first-order valence-electron chi connectivity index (χ1n) is 8.54. The van der Waals surface area contributed by atoms with Crippen LogP contribution in [0.15, 0.2) is 43.0 Å². The summed E-state index contributed by atoms with van der Waals surface area (Å²) in [6.45, 7) is 6.88. The quantitative estimate of drug-likeness (QED) is 0.734. The van der Waals surface area contributed by atoms with Crippen LogP contribution in [0.25, 0.3) is 17.1 Å². The third kappa shape index (κ3) is 3.23. The van der Waals surface area contributed by atoms with Crippen LogP contribution in [0.4, 0.5) is 0 Å². The molecular formula is C19H22N4O2. The van der Waals surface area contributed by atoms with Gasteiger partial charge in [-0.2, -0.15) is 5.10 Å². The smallest absolute Gasteiger partial charge is 0.142 e. The van der Waals surface area contributed by atoms with E-state index in [4.69, 9.17) is 9.47 Å². The van der Waals surface area contributed by atoms with Gasteiger partial charge in [0.25, 0.3) is 0 Å². The summed E-state index contributed by atoms with van der Waals surface area (Å²) < 4.78 is 15.4. The van der Waals surface area contributed by atoms with Crippen molar-refractivity contribution >= 4 is 0 Å². The van der Waals surface area contributed by atoms with Gasteiger partial charge in [0.2, 0.25) is 0 Å². The summed E-state index contributed by atoms with van der Waals surface area (Å²) in [6.07, 6.45) is 7.65. The maximum atomic E-state index is 5.80. The lowest BCUT2D eigenvalue weighted by molar-refractivity contribution is -0.0934. The van der Waals surface area contributed by atoms with Gasteiger partial charge in [0.15, 0.2) is 0 Å². The van der Waals surface area contributed by atoms with Crippen LogP contribution in [0.2, 0.25) is 0 Å². The number of nitrogens with zero attached hydrogens (tertiary/aromatic N) is 4. The fourth-order valence-corrected chi connectivity index (χ4v) is 3.40. The minimum absolute atomic E-state index is 0.0563. The predicted octanol–water partition coefficient (Wildman–Crippen LogP) is 2.77.